The van der Waals surface area contributed by atoms with Crippen LogP contribution in [-0.2, 0) is 0 Å². The molecule has 152 valence electrons. The van der Waals surface area contributed by atoms with Gasteiger partial charge in [0.2, 0.25) is 5.95 Å². The predicted molar refractivity (Wildman–Crippen MR) is 110 cm³/mol. The van der Waals surface area contributed by atoms with Crippen LogP contribution in [0.3, 0.4) is 0 Å². The van der Waals surface area contributed by atoms with Gasteiger partial charge in [0.25, 0.3) is 0 Å². The molecule has 1 aliphatic rings. The fourth-order valence-corrected chi connectivity index (χ4v) is 3.25. The lowest BCUT2D eigenvalue weighted by Gasteiger charge is -2.20. The van der Waals surface area contributed by atoms with E-state index >= 15 is 0 Å². The van der Waals surface area contributed by atoms with E-state index in [9.17, 15) is 5.11 Å². The average Bonchev–Trinajstić information content (AvgIpc) is 3.19. The van der Waals surface area contributed by atoms with E-state index in [0.717, 1.165) is 30.3 Å². The average molecular weight is 387 g/mol. The van der Waals surface area contributed by atoms with Crippen LogP contribution in [0.4, 0.5) is 17.5 Å². The molecule has 0 radical (unpaired) electrons. The lowest BCUT2D eigenvalue weighted by atomic mass is 10.2. The normalized spacial score (nSPS) is 15.3. The number of ether oxygens (including phenoxy) is 2. The van der Waals surface area contributed by atoms with Crippen molar-refractivity contribution in [3.8, 4) is 11.5 Å². The summed E-state index contributed by atoms with van der Waals surface area (Å²) in [6.45, 7) is 4.85. The van der Waals surface area contributed by atoms with Crippen LogP contribution in [0.15, 0.2) is 24.3 Å². The van der Waals surface area contributed by atoms with Crippen LogP contribution in [0.1, 0.15) is 18.5 Å². The van der Waals surface area contributed by atoms with Crippen molar-refractivity contribution in [2.45, 2.75) is 25.9 Å². The quantitative estimate of drug-likeness (QED) is 0.604. The van der Waals surface area contributed by atoms with Gasteiger partial charge in [-0.2, -0.15) is 4.98 Å². The molecule has 1 aromatic carbocycles. The second kappa shape index (κ2) is 9.57. The van der Waals surface area contributed by atoms with Gasteiger partial charge in [0, 0.05) is 37.1 Å². The number of anilines is 3. The van der Waals surface area contributed by atoms with Crippen LogP contribution < -0.4 is 20.1 Å². The highest BCUT2D eigenvalue weighted by atomic mass is 16.5. The monoisotopic (exact) mass is 387 g/mol. The maximum atomic E-state index is 10.3. The summed E-state index contributed by atoms with van der Waals surface area (Å²) in [7, 11) is 3.41. The van der Waals surface area contributed by atoms with E-state index in [-0.39, 0.29) is 6.61 Å². The van der Waals surface area contributed by atoms with Gasteiger partial charge >= 0.3 is 0 Å². The molecule has 1 fully saturated rings. The first-order chi connectivity index (χ1) is 13.6. The summed E-state index contributed by atoms with van der Waals surface area (Å²) in [6, 6.07) is 7.39. The molecule has 0 bridgehead atoms. The SMILES string of the molecule is CNc1cc(C)nc(Nc2ccc(OC)c(OCC(O)CN3CCCC3)c2)n1. The summed E-state index contributed by atoms with van der Waals surface area (Å²) in [6.07, 6.45) is 1.86. The molecule has 0 aliphatic carbocycles. The number of β-amino-alcohol motifs (C(OH)–C–C–N with tert-alkyl or cyclic N) is 1. The zero-order valence-electron chi connectivity index (χ0n) is 16.7. The van der Waals surface area contributed by atoms with Gasteiger partial charge in [-0.3, -0.25) is 0 Å². The Morgan fingerprint density at radius 1 is 1.18 bits per heavy atom. The Morgan fingerprint density at radius 3 is 2.68 bits per heavy atom. The minimum atomic E-state index is -0.544. The Kier molecular flexibility index (Phi) is 6.89. The van der Waals surface area contributed by atoms with Crippen molar-refractivity contribution in [1.82, 2.24) is 14.9 Å². The van der Waals surface area contributed by atoms with Crippen LogP contribution in [0.2, 0.25) is 0 Å². The van der Waals surface area contributed by atoms with Gasteiger partial charge in [-0.25, -0.2) is 4.98 Å². The minimum absolute atomic E-state index is 0.209. The number of aromatic nitrogens is 2. The Balaban J connectivity index is 1.66. The number of hydrogen-bond donors (Lipinski definition) is 3. The van der Waals surface area contributed by atoms with Crippen molar-refractivity contribution < 1.29 is 14.6 Å². The van der Waals surface area contributed by atoms with Crippen LogP contribution in [0.25, 0.3) is 0 Å². The largest absolute Gasteiger partial charge is 0.493 e. The maximum absolute atomic E-state index is 10.3. The Bertz CT molecular complexity index is 780. The number of nitrogens with one attached hydrogen (secondary N) is 2. The molecule has 1 saturated heterocycles. The molecule has 0 saturated carbocycles. The van der Waals surface area contributed by atoms with Crippen molar-refractivity contribution >= 4 is 17.5 Å². The second-order valence-electron chi connectivity index (χ2n) is 6.93. The summed E-state index contributed by atoms with van der Waals surface area (Å²) in [5, 5.41) is 16.5. The van der Waals surface area contributed by atoms with E-state index in [2.05, 4.69) is 25.5 Å². The number of methoxy groups -OCH3 is 1. The van der Waals surface area contributed by atoms with Gasteiger partial charge in [-0.1, -0.05) is 0 Å². The van der Waals surface area contributed by atoms with Gasteiger partial charge in [-0.15, -0.1) is 0 Å². The number of aliphatic hydroxyl groups excluding tert-OH is 1. The van der Waals surface area contributed by atoms with Crippen molar-refractivity contribution in [3.05, 3.63) is 30.0 Å². The molecule has 3 rings (SSSR count). The molecule has 1 atom stereocenters. The van der Waals surface area contributed by atoms with Crippen LogP contribution >= 0.6 is 0 Å². The van der Waals surface area contributed by atoms with Crippen molar-refractivity contribution in [2.24, 2.45) is 0 Å². The molecule has 28 heavy (non-hydrogen) atoms. The summed E-state index contributed by atoms with van der Waals surface area (Å²) < 4.78 is 11.2. The molecule has 2 heterocycles. The first-order valence-electron chi connectivity index (χ1n) is 9.59. The molecule has 0 amide bonds. The minimum Gasteiger partial charge on any atom is -0.493 e. The molecule has 3 N–H and O–H groups in total. The Morgan fingerprint density at radius 2 is 1.96 bits per heavy atom. The van der Waals surface area contributed by atoms with Crippen molar-refractivity contribution in [1.29, 1.82) is 0 Å². The van der Waals surface area contributed by atoms with Gasteiger partial charge in [-0.05, 0) is 45.0 Å². The van der Waals surface area contributed by atoms with E-state index in [4.69, 9.17) is 9.47 Å². The second-order valence-corrected chi connectivity index (χ2v) is 6.93. The van der Waals surface area contributed by atoms with Gasteiger partial charge in [0.1, 0.15) is 18.5 Å². The first kappa shape index (κ1) is 20.2. The van der Waals surface area contributed by atoms with Crippen LogP contribution in [0, 0.1) is 6.92 Å². The lowest BCUT2D eigenvalue weighted by Crippen LogP contribution is -2.33. The highest BCUT2D eigenvalue weighted by molar-refractivity contribution is 5.60. The molecule has 1 unspecified atom stereocenters. The molecular formula is C20H29N5O3. The standard InChI is InChI=1S/C20H29N5O3/c1-14-10-19(21-2)24-20(22-14)23-15-6-7-17(27-3)18(11-15)28-13-16(26)12-25-8-4-5-9-25/h6-7,10-11,16,26H,4-5,8-9,12-13H2,1-3H3,(H2,21,22,23,24). The fourth-order valence-electron chi connectivity index (χ4n) is 3.25. The lowest BCUT2D eigenvalue weighted by molar-refractivity contribution is 0.0747. The maximum Gasteiger partial charge on any atom is 0.229 e. The number of aliphatic hydroxyl groups is 1. The third kappa shape index (κ3) is 5.46. The molecule has 1 aromatic heterocycles. The zero-order valence-corrected chi connectivity index (χ0v) is 16.7. The van der Waals surface area contributed by atoms with E-state index in [1.807, 2.05) is 38.2 Å². The van der Waals surface area contributed by atoms with E-state index < -0.39 is 6.10 Å². The topological polar surface area (TPSA) is 91.8 Å². The Hall–Kier alpha value is -2.58. The van der Waals surface area contributed by atoms with Crippen LogP contribution in [0.5, 0.6) is 11.5 Å². The summed E-state index contributed by atoms with van der Waals surface area (Å²) in [5.74, 6) is 2.41. The van der Waals surface area contributed by atoms with Crippen molar-refractivity contribution in [3.63, 3.8) is 0 Å². The van der Waals surface area contributed by atoms with Crippen LogP contribution in [-0.4, -0.2) is 66.5 Å². The molecule has 0 spiro atoms. The number of hydrogen-bond acceptors (Lipinski definition) is 8. The number of nitrogens with zero attached hydrogens (tertiary/aromatic N) is 3. The number of rotatable bonds is 9. The van der Waals surface area contributed by atoms with E-state index in [0.29, 0.717) is 24.0 Å². The highest BCUT2D eigenvalue weighted by Gasteiger charge is 2.17. The fraction of sp³-hybridized carbons (Fsp3) is 0.500. The van der Waals surface area contributed by atoms with E-state index in [1.165, 1.54) is 12.8 Å². The number of likely N-dealkylation sites (tertiary alicyclic amines) is 1. The van der Waals surface area contributed by atoms with Gasteiger partial charge in [0.05, 0.1) is 7.11 Å². The number of benzene rings is 1. The zero-order chi connectivity index (χ0) is 19.9. The first-order valence-corrected chi connectivity index (χ1v) is 9.59. The predicted octanol–water partition coefficient (Wildman–Crippen LogP) is 2.41. The Labute approximate surface area is 165 Å². The highest BCUT2D eigenvalue weighted by Crippen LogP contribution is 2.31. The van der Waals surface area contributed by atoms with Crippen molar-refractivity contribution in [2.75, 3.05) is 51.0 Å². The van der Waals surface area contributed by atoms with Gasteiger partial charge in [0.15, 0.2) is 11.5 Å². The molecule has 8 nitrogen and oxygen atoms in total. The third-order valence-corrected chi connectivity index (χ3v) is 4.63. The molecule has 2 aromatic rings. The van der Waals surface area contributed by atoms with E-state index in [1.54, 1.807) is 7.11 Å². The summed E-state index contributed by atoms with van der Waals surface area (Å²) >= 11 is 0. The third-order valence-electron chi connectivity index (χ3n) is 4.63. The summed E-state index contributed by atoms with van der Waals surface area (Å²) in [4.78, 5) is 11.1. The molecular weight excluding hydrogens is 358 g/mol. The molecule has 1 aliphatic heterocycles. The number of aryl methyl sites for hydroxylation is 1. The molecule has 8 heteroatoms. The smallest absolute Gasteiger partial charge is 0.229 e. The van der Waals surface area contributed by atoms with Gasteiger partial charge < -0.3 is 30.1 Å². The summed E-state index contributed by atoms with van der Waals surface area (Å²) in [5.41, 5.74) is 1.63.